The molecule has 1 aromatic heterocycles. The Morgan fingerprint density at radius 1 is 1.60 bits per heavy atom. The molecule has 2 N–H and O–H groups in total. The summed E-state index contributed by atoms with van der Waals surface area (Å²) in [5.74, 6) is -0.816. The minimum atomic E-state index is -0.512. The maximum Gasteiger partial charge on any atom is 0.248 e. The lowest BCUT2D eigenvalue weighted by atomic mass is 10.0. The Bertz CT molecular complexity index is 716. The maximum atomic E-state index is 14.2. The zero-order valence-corrected chi connectivity index (χ0v) is 12.7. The average molecular weight is 362 g/mol. The van der Waals surface area contributed by atoms with E-state index in [9.17, 15) is 9.18 Å². The molecule has 1 aliphatic rings. The van der Waals surface area contributed by atoms with Gasteiger partial charge in [0.1, 0.15) is 6.61 Å². The first kappa shape index (κ1) is 13.9. The van der Waals surface area contributed by atoms with Crippen molar-refractivity contribution in [3.8, 4) is 0 Å². The zero-order chi connectivity index (χ0) is 14.4. The minimum absolute atomic E-state index is 0.0411. The van der Waals surface area contributed by atoms with Crippen LogP contribution >= 0.6 is 27.5 Å². The molecule has 1 aliphatic heterocycles. The van der Waals surface area contributed by atoms with Crippen molar-refractivity contribution in [2.45, 2.75) is 13.0 Å². The summed E-state index contributed by atoms with van der Waals surface area (Å²) in [7, 11) is 0. The minimum Gasteiger partial charge on any atom is -0.387 e. The number of carbonyl (C=O) groups is 1. The fraction of sp³-hybridized carbons (Fsp3) is 0.308. The van der Waals surface area contributed by atoms with Gasteiger partial charge in [-0.15, -0.1) is 0 Å². The van der Waals surface area contributed by atoms with Crippen LogP contribution in [0.5, 0.6) is 0 Å². The average Bonchev–Trinajstić information content (AvgIpc) is 2.82. The largest absolute Gasteiger partial charge is 0.387 e. The van der Waals surface area contributed by atoms with Gasteiger partial charge < -0.3 is 15.0 Å². The van der Waals surface area contributed by atoms with Crippen LogP contribution in [0.4, 0.5) is 4.39 Å². The number of H-pyrrole nitrogens is 1. The van der Waals surface area contributed by atoms with Gasteiger partial charge in [0.15, 0.2) is 5.82 Å². The standard InChI is InChI=1S/C13H11BrClFN2O2/c14-8-3-6-7-4-18(10(20)5-19)2-1-9(7)17-13(6)12(16)11(8)15/h3,17,19H,1-2,4-5H2. The monoisotopic (exact) mass is 360 g/mol. The number of amides is 1. The molecule has 7 heteroatoms. The van der Waals surface area contributed by atoms with Crippen LogP contribution in [0.25, 0.3) is 10.9 Å². The van der Waals surface area contributed by atoms with Gasteiger partial charge in [-0.3, -0.25) is 4.79 Å². The number of benzene rings is 1. The molecule has 0 saturated heterocycles. The Hall–Kier alpha value is -1.11. The molecule has 1 amide bonds. The molecule has 20 heavy (non-hydrogen) atoms. The molecule has 0 fully saturated rings. The van der Waals surface area contributed by atoms with Crippen molar-refractivity contribution in [2.24, 2.45) is 0 Å². The van der Waals surface area contributed by atoms with Crippen molar-refractivity contribution < 1.29 is 14.3 Å². The van der Waals surface area contributed by atoms with E-state index in [-0.39, 0.29) is 10.9 Å². The van der Waals surface area contributed by atoms with E-state index < -0.39 is 12.4 Å². The van der Waals surface area contributed by atoms with Crippen LogP contribution in [0.1, 0.15) is 11.3 Å². The number of nitrogens with one attached hydrogen (secondary N) is 1. The maximum absolute atomic E-state index is 14.2. The third-order valence-corrected chi connectivity index (χ3v) is 4.82. The Balaban J connectivity index is 2.14. The first-order valence-corrected chi connectivity index (χ1v) is 7.25. The van der Waals surface area contributed by atoms with E-state index in [2.05, 4.69) is 20.9 Å². The smallest absolute Gasteiger partial charge is 0.248 e. The highest BCUT2D eigenvalue weighted by Crippen LogP contribution is 2.36. The topological polar surface area (TPSA) is 56.3 Å². The van der Waals surface area contributed by atoms with Crippen LogP contribution in [0.2, 0.25) is 5.02 Å². The van der Waals surface area contributed by atoms with Gasteiger partial charge in [0.25, 0.3) is 0 Å². The van der Waals surface area contributed by atoms with Gasteiger partial charge in [-0.25, -0.2) is 4.39 Å². The van der Waals surface area contributed by atoms with E-state index in [1.165, 1.54) is 0 Å². The number of carbonyl (C=O) groups excluding carboxylic acids is 1. The molecular formula is C13H11BrClFN2O2. The Kier molecular flexibility index (Phi) is 3.48. The summed E-state index contributed by atoms with van der Waals surface area (Å²) in [5.41, 5.74) is 2.15. The number of hydrogen-bond acceptors (Lipinski definition) is 2. The second-order valence-electron chi connectivity index (χ2n) is 4.71. The van der Waals surface area contributed by atoms with Crippen LogP contribution in [-0.2, 0) is 17.8 Å². The number of halogens is 3. The molecule has 0 bridgehead atoms. The lowest BCUT2D eigenvalue weighted by Crippen LogP contribution is -2.37. The van der Waals surface area contributed by atoms with Gasteiger partial charge in [-0.1, -0.05) is 11.6 Å². The van der Waals surface area contributed by atoms with Gasteiger partial charge in [0, 0.05) is 40.6 Å². The van der Waals surface area contributed by atoms with Gasteiger partial charge in [0.2, 0.25) is 5.91 Å². The second-order valence-corrected chi connectivity index (χ2v) is 5.95. The number of aromatic nitrogens is 1. The van der Waals surface area contributed by atoms with E-state index in [4.69, 9.17) is 16.7 Å². The van der Waals surface area contributed by atoms with Crippen molar-refractivity contribution in [3.05, 3.63) is 32.6 Å². The number of aromatic amines is 1. The molecule has 2 aromatic rings. The quantitative estimate of drug-likeness (QED) is 0.767. The molecule has 0 saturated carbocycles. The number of rotatable bonds is 1. The van der Waals surface area contributed by atoms with Crippen LogP contribution in [0, 0.1) is 5.82 Å². The fourth-order valence-electron chi connectivity index (χ4n) is 2.57. The van der Waals surface area contributed by atoms with Gasteiger partial charge >= 0.3 is 0 Å². The molecule has 3 rings (SSSR count). The molecule has 0 aliphatic carbocycles. The summed E-state index contributed by atoms with van der Waals surface area (Å²) in [5, 5.41) is 9.69. The predicted molar refractivity (Wildman–Crippen MR) is 77.2 cm³/mol. The van der Waals surface area contributed by atoms with Crippen molar-refractivity contribution in [3.63, 3.8) is 0 Å². The molecule has 106 valence electrons. The van der Waals surface area contributed by atoms with Crippen LogP contribution in [-0.4, -0.2) is 34.0 Å². The molecule has 0 radical (unpaired) electrons. The van der Waals surface area contributed by atoms with E-state index in [1.54, 1.807) is 11.0 Å². The number of hydrogen-bond donors (Lipinski definition) is 2. The molecule has 4 nitrogen and oxygen atoms in total. The molecule has 0 unspecified atom stereocenters. The number of nitrogens with zero attached hydrogens (tertiary/aromatic N) is 1. The van der Waals surface area contributed by atoms with Crippen molar-refractivity contribution in [1.82, 2.24) is 9.88 Å². The highest BCUT2D eigenvalue weighted by atomic mass is 79.9. The van der Waals surface area contributed by atoms with Crippen molar-refractivity contribution in [2.75, 3.05) is 13.2 Å². The summed E-state index contributed by atoms with van der Waals surface area (Å²) in [6, 6.07) is 1.75. The molecule has 0 atom stereocenters. The van der Waals surface area contributed by atoms with E-state index >= 15 is 0 Å². The van der Waals surface area contributed by atoms with Crippen LogP contribution in [0.3, 0.4) is 0 Å². The van der Waals surface area contributed by atoms with Gasteiger partial charge in [0.05, 0.1) is 10.5 Å². The zero-order valence-electron chi connectivity index (χ0n) is 10.3. The molecule has 0 spiro atoms. The molecular weight excluding hydrogens is 351 g/mol. The Labute approximate surface area is 127 Å². The van der Waals surface area contributed by atoms with Crippen LogP contribution in [0.15, 0.2) is 10.5 Å². The Morgan fingerprint density at radius 2 is 2.35 bits per heavy atom. The lowest BCUT2D eigenvalue weighted by molar-refractivity contribution is -0.135. The van der Waals surface area contributed by atoms with Crippen molar-refractivity contribution in [1.29, 1.82) is 0 Å². The first-order valence-electron chi connectivity index (χ1n) is 6.08. The number of aliphatic hydroxyl groups excluding tert-OH is 1. The van der Waals surface area contributed by atoms with Gasteiger partial charge in [-0.2, -0.15) is 0 Å². The third kappa shape index (κ3) is 2.03. The fourth-order valence-corrected chi connectivity index (χ4v) is 3.12. The number of aliphatic hydroxyl groups is 1. The predicted octanol–water partition coefficient (Wildman–Crippen LogP) is 2.60. The lowest BCUT2D eigenvalue weighted by Gasteiger charge is -2.26. The molecule has 1 aromatic carbocycles. The van der Waals surface area contributed by atoms with E-state index in [0.717, 1.165) is 11.3 Å². The van der Waals surface area contributed by atoms with E-state index in [0.29, 0.717) is 34.9 Å². The third-order valence-electron chi connectivity index (χ3n) is 3.60. The summed E-state index contributed by atoms with van der Waals surface area (Å²) >= 11 is 9.11. The van der Waals surface area contributed by atoms with E-state index in [1.807, 2.05) is 0 Å². The summed E-state index contributed by atoms with van der Waals surface area (Å²) in [6.07, 6.45) is 0.602. The second kappa shape index (κ2) is 5.02. The normalized spacial score (nSPS) is 14.7. The highest BCUT2D eigenvalue weighted by Gasteiger charge is 2.25. The summed E-state index contributed by atoms with van der Waals surface area (Å²) in [6.45, 7) is 0.361. The molecule has 2 heterocycles. The highest BCUT2D eigenvalue weighted by molar-refractivity contribution is 9.10. The summed E-state index contributed by atoms with van der Waals surface area (Å²) < 4.78 is 14.6. The Morgan fingerprint density at radius 3 is 3.05 bits per heavy atom. The SMILES string of the molecule is O=C(CO)N1CCc2[nH]c3c(F)c(Cl)c(Br)cc3c2C1. The van der Waals surface area contributed by atoms with Gasteiger partial charge in [-0.05, 0) is 22.0 Å². The van der Waals surface area contributed by atoms with Crippen molar-refractivity contribution >= 4 is 44.3 Å². The number of fused-ring (bicyclic) bond motifs is 3. The van der Waals surface area contributed by atoms with Crippen LogP contribution < -0.4 is 0 Å². The summed E-state index contributed by atoms with van der Waals surface area (Å²) in [4.78, 5) is 16.2. The first-order chi connectivity index (χ1) is 9.52.